The minimum atomic E-state index is -0.0933. The molecule has 0 aliphatic rings. The third-order valence-corrected chi connectivity index (χ3v) is 6.81. The van der Waals surface area contributed by atoms with Gasteiger partial charge in [-0.15, -0.1) is 0 Å². The van der Waals surface area contributed by atoms with Gasteiger partial charge in [0.2, 0.25) is 0 Å². The Morgan fingerprint density at radius 3 is 1.97 bits per heavy atom. The minimum Gasteiger partial charge on any atom is -0.466 e. The van der Waals surface area contributed by atoms with Crippen molar-refractivity contribution in [2.24, 2.45) is 0 Å². The van der Waals surface area contributed by atoms with Crippen molar-refractivity contribution in [1.82, 2.24) is 14.5 Å². The third-order valence-electron chi connectivity index (χ3n) is 6.81. The number of carbonyl (C=O) groups excluding carboxylic acids is 1. The van der Waals surface area contributed by atoms with Crippen LogP contribution < -0.4 is 0 Å². The smallest absolute Gasteiger partial charge is 0.305 e. The van der Waals surface area contributed by atoms with E-state index in [-0.39, 0.29) is 5.97 Å². The first kappa shape index (κ1) is 26.6. The lowest BCUT2D eigenvalue weighted by atomic mass is 10.0. The summed E-state index contributed by atoms with van der Waals surface area (Å²) in [5.41, 5.74) is 9.59. The van der Waals surface area contributed by atoms with Gasteiger partial charge < -0.3 is 9.30 Å². The molecule has 0 aliphatic heterocycles. The first-order valence-electron chi connectivity index (χ1n) is 13.6. The molecular formula is C32H39N3O2. The monoisotopic (exact) mass is 497 g/mol. The van der Waals surface area contributed by atoms with Gasteiger partial charge in [0.15, 0.2) is 5.65 Å². The number of fused-ring (bicyclic) bond motifs is 1. The van der Waals surface area contributed by atoms with Crippen molar-refractivity contribution in [1.29, 1.82) is 0 Å². The number of nitrogens with zero attached hydrogens (tertiary/aromatic N) is 3. The number of benzene rings is 2. The van der Waals surface area contributed by atoms with Crippen LogP contribution in [0.1, 0.15) is 75.6 Å². The number of ether oxygens (including phenoxy) is 1. The number of hydrogen-bond acceptors (Lipinski definition) is 4. The molecule has 37 heavy (non-hydrogen) atoms. The van der Waals surface area contributed by atoms with Gasteiger partial charge in [-0.05, 0) is 45.6 Å². The molecule has 4 rings (SSSR count). The summed E-state index contributed by atoms with van der Waals surface area (Å²) in [4.78, 5) is 22.1. The molecule has 0 saturated carbocycles. The molecule has 5 nitrogen and oxygen atoms in total. The average molecular weight is 498 g/mol. The molecule has 0 amide bonds. The Hall–Kier alpha value is -3.47. The molecule has 0 aliphatic carbocycles. The Bertz CT molecular complexity index is 1340. The molecule has 0 bridgehead atoms. The van der Waals surface area contributed by atoms with Gasteiger partial charge >= 0.3 is 5.97 Å². The van der Waals surface area contributed by atoms with E-state index in [0.29, 0.717) is 18.9 Å². The van der Waals surface area contributed by atoms with Crippen molar-refractivity contribution in [2.45, 2.75) is 79.2 Å². The van der Waals surface area contributed by atoms with Crippen LogP contribution in [0.25, 0.3) is 33.7 Å². The largest absolute Gasteiger partial charge is 0.466 e. The average Bonchev–Trinajstić information content (AvgIpc) is 3.24. The highest BCUT2D eigenvalue weighted by Gasteiger charge is 2.19. The predicted octanol–water partition coefficient (Wildman–Crippen LogP) is 8.02. The van der Waals surface area contributed by atoms with Crippen LogP contribution in [0.4, 0.5) is 0 Å². The number of esters is 1. The minimum absolute atomic E-state index is 0.0933. The Morgan fingerprint density at radius 1 is 0.838 bits per heavy atom. The fourth-order valence-corrected chi connectivity index (χ4v) is 4.74. The van der Waals surface area contributed by atoms with Crippen molar-refractivity contribution < 1.29 is 9.53 Å². The summed E-state index contributed by atoms with van der Waals surface area (Å²) in [6.07, 6.45) is 4.50. The van der Waals surface area contributed by atoms with E-state index in [4.69, 9.17) is 14.7 Å². The maximum atomic E-state index is 11.6. The summed E-state index contributed by atoms with van der Waals surface area (Å²) in [6, 6.07) is 19.3. The van der Waals surface area contributed by atoms with Gasteiger partial charge in [0.25, 0.3) is 0 Å². The van der Waals surface area contributed by atoms with E-state index in [9.17, 15) is 4.79 Å². The van der Waals surface area contributed by atoms with Crippen molar-refractivity contribution >= 4 is 17.1 Å². The lowest BCUT2D eigenvalue weighted by Gasteiger charge is -2.14. The molecule has 2 heterocycles. The Balaban J connectivity index is 1.67. The third kappa shape index (κ3) is 6.46. The quantitative estimate of drug-likeness (QED) is 0.155. The first-order chi connectivity index (χ1) is 17.9. The zero-order chi connectivity index (χ0) is 26.4. The molecule has 4 aromatic rings. The highest BCUT2D eigenvalue weighted by atomic mass is 16.5. The SMILES string of the molecule is CCOC(=O)CCCCCCn1c(C(C)C)cc2nc(-c3ccc(C)cc3)c(-c3ccc(C)cc3)nc21. The fraction of sp³-hybridized carbons (Fsp3) is 0.406. The van der Waals surface area contributed by atoms with E-state index >= 15 is 0 Å². The van der Waals surface area contributed by atoms with Gasteiger partial charge in [-0.1, -0.05) is 86.3 Å². The van der Waals surface area contributed by atoms with Crippen LogP contribution >= 0.6 is 0 Å². The van der Waals surface area contributed by atoms with E-state index in [1.165, 1.54) is 16.8 Å². The fourth-order valence-electron chi connectivity index (χ4n) is 4.74. The zero-order valence-corrected chi connectivity index (χ0v) is 22.9. The van der Waals surface area contributed by atoms with Gasteiger partial charge in [-0.25, -0.2) is 9.97 Å². The molecule has 0 saturated heterocycles. The second-order valence-electron chi connectivity index (χ2n) is 10.2. The summed E-state index contributed by atoms with van der Waals surface area (Å²) in [7, 11) is 0. The van der Waals surface area contributed by atoms with Gasteiger partial charge in [0.1, 0.15) is 5.52 Å². The normalized spacial score (nSPS) is 11.4. The van der Waals surface area contributed by atoms with Gasteiger partial charge in [0.05, 0.1) is 18.0 Å². The van der Waals surface area contributed by atoms with Crippen LogP contribution in [0.5, 0.6) is 0 Å². The standard InChI is InChI=1S/C32H39N3O2/c1-6-37-29(36)11-9-7-8-10-20-35-28(22(2)3)21-27-32(35)34-31(26-18-14-24(5)15-19-26)30(33-27)25-16-12-23(4)13-17-25/h12-19,21-22H,6-11,20H2,1-5H3. The second-order valence-corrected chi connectivity index (χ2v) is 10.2. The first-order valence-corrected chi connectivity index (χ1v) is 13.6. The Kier molecular flexibility index (Phi) is 8.75. The van der Waals surface area contributed by atoms with E-state index in [2.05, 4.69) is 86.9 Å². The van der Waals surface area contributed by atoms with Crippen LogP contribution in [0, 0.1) is 13.8 Å². The predicted molar refractivity (Wildman–Crippen MR) is 152 cm³/mol. The van der Waals surface area contributed by atoms with E-state index in [1.54, 1.807) is 0 Å². The molecule has 0 unspecified atom stereocenters. The molecule has 2 aromatic heterocycles. The lowest BCUT2D eigenvalue weighted by Crippen LogP contribution is -2.07. The van der Waals surface area contributed by atoms with Crippen LogP contribution in [-0.4, -0.2) is 27.1 Å². The number of unbranched alkanes of at least 4 members (excludes halogenated alkanes) is 3. The highest BCUT2D eigenvalue weighted by molar-refractivity contribution is 5.86. The van der Waals surface area contributed by atoms with Gasteiger partial charge in [0, 0.05) is 29.8 Å². The number of hydrogen-bond donors (Lipinski definition) is 0. The van der Waals surface area contributed by atoms with Crippen molar-refractivity contribution in [3.8, 4) is 22.5 Å². The topological polar surface area (TPSA) is 57.0 Å². The Labute approximate surface area is 220 Å². The molecule has 194 valence electrons. The van der Waals surface area contributed by atoms with E-state index < -0.39 is 0 Å². The maximum Gasteiger partial charge on any atom is 0.305 e. The molecule has 2 aromatic carbocycles. The molecule has 0 N–H and O–H groups in total. The zero-order valence-electron chi connectivity index (χ0n) is 22.9. The number of carbonyl (C=O) groups is 1. The van der Waals surface area contributed by atoms with Gasteiger partial charge in [-0.3, -0.25) is 4.79 Å². The highest BCUT2D eigenvalue weighted by Crippen LogP contribution is 2.33. The van der Waals surface area contributed by atoms with Crippen molar-refractivity contribution in [3.63, 3.8) is 0 Å². The van der Waals surface area contributed by atoms with Crippen LogP contribution in [0.2, 0.25) is 0 Å². The van der Waals surface area contributed by atoms with Gasteiger partial charge in [-0.2, -0.15) is 0 Å². The summed E-state index contributed by atoms with van der Waals surface area (Å²) in [5, 5.41) is 0. The van der Waals surface area contributed by atoms with Crippen molar-refractivity contribution in [3.05, 3.63) is 71.4 Å². The summed E-state index contributed by atoms with van der Waals surface area (Å²) in [6.45, 7) is 11.9. The van der Waals surface area contributed by atoms with E-state index in [0.717, 1.165) is 65.9 Å². The number of aryl methyl sites for hydroxylation is 3. The van der Waals surface area contributed by atoms with Crippen LogP contribution in [0.15, 0.2) is 54.6 Å². The van der Waals surface area contributed by atoms with Crippen LogP contribution in [0.3, 0.4) is 0 Å². The second kappa shape index (κ2) is 12.2. The number of aromatic nitrogens is 3. The molecule has 0 spiro atoms. The summed E-state index contributed by atoms with van der Waals surface area (Å²) in [5.74, 6) is 0.273. The molecule has 0 radical (unpaired) electrons. The van der Waals surface area contributed by atoms with E-state index in [1.807, 2.05) is 6.92 Å². The van der Waals surface area contributed by atoms with Crippen molar-refractivity contribution in [2.75, 3.05) is 6.61 Å². The molecule has 0 atom stereocenters. The lowest BCUT2D eigenvalue weighted by molar-refractivity contribution is -0.143. The summed E-state index contributed by atoms with van der Waals surface area (Å²) >= 11 is 0. The maximum absolute atomic E-state index is 11.6. The molecular weight excluding hydrogens is 458 g/mol. The molecule has 5 heteroatoms. The molecule has 0 fully saturated rings. The summed E-state index contributed by atoms with van der Waals surface area (Å²) < 4.78 is 7.40. The van der Waals surface area contributed by atoms with Crippen LogP contribution in [-0.2, 0) is 16.1 Å². The number of rotatable bonds is 11. The Morgan fingerprint density at radius 2 is 1.41 bits per heavy atom.